The maximum Gasteiger partial charge on any atom is 0.407 e. The van der Waals surface area contributed by atoms with Crippen LogP contribution in [0, 0.1) is 0 Å². The smallest absolute Gasteiger partial charge is 0.407 e. The monoisotopic (exact) mass is 308 g/mol. The molecular formula is C14H20N4O4. The van der Waals surface area contributed by atoms with E-state index in [1.165, 1.54) is 0 Å². The van der Waals surface area contributed by atoms with Gasteiger partial charge in [0.1, 0.15) is 6.61 Å². The van der Waals surface area contributed by atoms with Gasteiger partial charge in [0.05, 0.1) is 12.5 Å². The molecule has 0 fully saturated rings. The van der Waals surface area contributed by atoms with Gasteiger partial charge in [0.2, 0.25) is 11.8 Å². The van der Waals surface area contributed by atoms with Crippen LogP contribution in [-0.4, -0.2) is 37.0 Å². The summed E-state index contributed by atoms with van der Waals surface area (Å²) in [7, 11) is 0. The number of carbonyl (C=O) groups excluding carboxylic acids is 3. The molecule has 0 aromatic heterocycles. The van der Waals surface area contributed by atoms with Crippen LogP contribution < -0.4 is 22.1 Å². The molecule has 0 spiro atoms. The van der Waals surface area contributed by atoms with Crippen LogP contribution in [0.15, 0.2) is 30.3 Å². The van der Waals surface area contributed by atoms with Gasteiger partial charge in [-0.3, -0.25) is 9.59 Å². The number of nitrogens with two attached hydrogens (primary N) is 2. The Balaban J connectivity index is 2.10. The SMILES string of the molecule is NC(=O)[C@@H](N)CC(=O)NCCNC(=O)OCc1ccccc1. The average molecular weight is 308 g/mol. The van der Waals surface area contributed by atoms with Gasteiger partial charge >= 0.3 is 6.09 Å². The number of carbonyl (C=O) groups is 3. The summed E-state index contributed by atoms with van der Waals surface area (Å²) >= 11 is 0. The van der Waals surface area contributed by atoms with E-state index < -0.39 is 23.9 Å². The molecule has 0 heterocycles. The van der Waals surface area contributed by atoms with Crippen molar-refractivity contribution in [3.8, 4) is 0 Å². The zero-order valence-corrected chi connectivity index (χ0v) is 12.1. The number of ether oxygens (including phenoxy) is 1. The van der Waals surface area contributed by atoms with Crippen molar-refractivity contribution in [2.45, 2.75) is 19.1 Å². The highest BCUT2D eigenvalue weighted by atomic mass is 16.5. The van der Waals surface area contributed by atoms with Gasteiger partial charge < -0.3 is 26.8 Å². The zero-order chi connectivity index (χ0) is 16.4. The molecule has 1 atom stereocenters. The summed E-state index contributed by atoms with van der Waals surface area (Å²) in [5.74, 6) is -1.15. The second-order valence-electron chi connectivity index (χ2n) is 4.55. The molecule has 0 saturated carbocycles. The molecule has 8 nitrogen and oxygen atoms in total. The van der Waals surface area contributed by atoms with Crippen molar-refractivity contribution >= 4 is 17.9 Å². The summed E-state index contributed by atoms with van der Waals surface area (Å²) in [6.45, 7) is 0.572. The van der Waals surface area contributed by atoms with Crippen molar-refractivity contribution in [3.63, 3.8) is 0 Å². The van der Waals surface area contributed by atoms with E-state index in [9.17, 15) is 14.4 Å². The lowest BCUT2D eigenvalue weighted by molar-refractivity contribution is -0.126. The summed E-state index contributed by atoms with van der Waals surface area (Å²) in [6, 6.07) is 8.25. The minimum atomic E-state index is -1.01. The molecule has 22 heavy (non-hydrogen) atoms. The minimum absolute atomic E-state index is 0.173. The highest BCUT2D eigenvalue weighted by Gasteiger charge is 2.13. The summed E-state index contributed by atoms with van der Waals surface area (Å²) in [5, 5.41) is 4.99. The van der Waals surface area contributed by atoms with E-state index >= 15 is 0 Å². The highest BCUT2D eigenvalue weighted by molar-refractivity contribution is 5.87. The van der Waals surface area contributed by atoms with E-state index in [0.717, 1.165) is 5.56 Å². The largest absolute Gasteiger partial charge is 0.445 e. The summed E-state index contributed by atoms with van der Waals surface area (Å²) in [6.07, 6.45) is -0.764. The third-order valence-electron chi connectivity index (χ3n) is 2.70. The van der Waals surface area contributed by atoms with Crippen LogP contribution >= 0.6 is 0 Å². The van der Waals surface area contributed by atoms with E-state index in [-0.39, 0.29) is 26.1 Å². The Morgan fingerprint density at radius 3 is 2.36 bits per heavy atom. The number of nitrogens with one attached hydrogen (secondary N) is 2. The lowest BCUT2D eigenvalue weighted by Gasteiger charge is -2.09. The van der Waals surface area contributed by atoms with Crippen LogP contribution in [0.5, 0.6) is 0 Å². The van der Waals surface area contributed by atoms with E-state index in [0.29, 0.717) is 0 Å². The molecule has 0 unspecified atom stereocenters. The quantitative estimate of drug-likeness (QED) is 0.467. The normalized spacial score (nSPS) is 11.3. The van der Waals surface area contributed by atoms with Crippen molar-refractivity contribution in [1.82, 2.24) is 10.6 Å². The van der Waals surface area contributed by atoms with Crippen LogP contribution in [0.1, 0.15) is 12.0 Å². The Labute approximate surface area is 128 Å². The van der Waals surface area contributed by atoms with Crippen LogP contribution in [-0.2, 0) is 20.9 Å². The highest BCUT2D eigenvalue weighted by Crippen LogP contribution is 2.00. The maximum absolute atomic E-state index is 11.4. The molecule has 6 N–H and O–H groups in total. The van der Waals surface area contributed by atoms with Crippen LogP contribution in [0.3, 0.4) is 0 Å². The van der Waals surface area contributed by atoms with Crippen molar-refractivity contribution in [2.75, 3.05) is 13.1 Å². The van der Waals surface area contributed by atoms with Gasteiger partial charge in [-0.15, -0.1) is 0 Å². The minimum Gasteiger partial charge on any atom is -0.445 e. The molecule has 3 amide bonds. The fourth-order valence-corrected chi connectivity index (χ4v) is 1.51. The topological polar surface area (TPSA) is 137 Å². The number of amides is 3. The number of rotatable bonds is 8. The third kappa shape index (κ3) is 7.25. The van der Waals surface area contributed by atoms with Gasteiger partial charge in [-0.2, -0.15) is 0 Å². The summed E-state index contributed by atoms with van der Waals surface area (Å²) in [4.78, 5) is 33.5. The predicted octanol–water partition coefficient (Wildman–Crippen LogP) is -0.768. The molecule has 0 radical (unpaired) electrons. The third-order valence-corrected chi connectivity index (χ3v) is 2.70. The number of primary amides is 1. The standard InChI is InChI=1S/C14H20N4O4/c15-11(13(16)20)8-12(19)17-6-7-18-14(21)22-9-10-4-2-1-3-5-10/h1-5,11H,6-9,15H2,(H2,16,20)(H,17,19)(H,18,21)/t11-/m0/s1. The van der Waals surface area contributed by atoms with Crippen LogP contribution in [0.4, 0.5) is 4.79 Å². The van der Waals surface area contributed by atoms with E-state index in [1.807, 2.05) is 30.3 Å². The van der Waals surface area contributed by atoms with E-state index in [2.05, 4.69) is 10.6 Å². The molecule has 1 aromatic carbocycles. The Kier molecular flexibility index (Phi) is 7.41. The Hall–Kier alpha value is -2.61. The second kappa shape index (κ2) is 9.35. The molecule has 0 aliphatic heterocycles. The van der Waals surface area contributed by atoms with Gasteiger partial charge in [0, 0.05) is 13.1 Å². The first-order valence-corrected chi connectivity index (χ1v) is 6.75. The van der Waals surface area contributed by atoms with E-state index in [4.69, 9.17) is 16.2 Å². The van der Waals surface area contributed by atoms with Gasteiger partial charge in [0.25, 0.3) is 0 Å². The van der Waals surface area contributed by atoms with Crippen LogP contribution in [0.2, 0.25) is 0 Å². The molecule has 8 heteroatoms. The number of hydrogen-bond acceptors (Lipinski definition) is 5. The van der Waals surface area contributed by atoms with Crippen molar-refractivity contribution in [1.29, 1.82) is 0 Å². The van der Waals surface area contributed by atoms with Crippen molar-refractivity contribution < 1.29 is 19.1 Å². The summed E-state index contributed by atoms with van der Waals surface area (Å²) in [5.41, 5.74) is 11.2. The molecule has 1 aromatic rings. The van der Waals surface area contributed by atoms with Crippen LogP contribution in [0.25, 0.3) is 0 Å². The second-order valence-corrected chi connectivity index (χ2v) is 4.55. The fourth-order valence-electron chi connectivity index (χ4n) is 1.51. The average Bonchev–Trinajstić information content (AvgIpc) is 2.50. The van der Waals surface area contributed by atoms with Gasteiger partial charge in [-0.25, -0.2) is 4.79 Å². The van der Waals surface area contributed by atoms with Gasteiger partial charge in [-0.1, -0.05) is 30.3 Å². The molecule has 0 bridgehead atoms. The van der Waals surface area contributed by atoms with Crippen molar-refractivity contribution in [2.24, 2.45) is 11.5 Å². The van der Waals surface area contributed by atoms with E-state index in [1.54, 1.807) is 0 Å². The number of alkyl carbamates (subject to hydrolysis) is 1. The molecular weight excluding hydrogens is 288 g/mol. The van der Waals surface area contributed by atoms with Gasteiger partial charge in [-0.05, 0) is 5.56 Å². The first-order valence-electron chi connectivity index (χ1n) is 6.75. The Morgan fingerprint density at radius 1 is 1.09 bits per heavy atom. The molecule has 0 aliphatic carbocycles. The molecule has 120 valence electrons. The first kappa shape index (κ1) is 17.4. The number of benzene rings is 1. The molecule has 1 rings (SSSR count). The molecule has 0 saturated heterocycles. The lowest BCUT2D eigenvalue weighted by Crippen LogP contribution is -2.42. The predicted molar refractivity (Wildman–Crippen MR) is 79.4 cm³/mol. The maximum atomic E-state index is 11.4. The van der Waals surface area contributed by atoms with Gasteiger partial charge in [0.15, 0.2) is 0 Å². The first-order chi connectivity index (χ1) is 10.5. The summed E-state index contributed by atoms with van der Waals surface area (Å²) < 4.78 is 4.99. The Bertz CT molecular complexity index is 507. The van der Waals surface area contributed by atoms with Crippen molar-refractivity contribution in [3.05, 3.63) is 35.9 Å². The fraction of sp³-hybridized carbons (Fsp3) is 0.357. The lowest BCUT2D eigenvalue weighted by atomic mass is 10.2. The Morgan fingerprint density at radius 2 is 1.73 bits per heavy atom. The zero-order valence-electron chi connectivity index (χ0n) is 12.1. The molecule has 0 aliphatic rings. The number of hydrogen-bond donors (Lipinski definition) is 4.